The van der Waals surface area contributed by atoms with Crippen LogP contribution in [0.3, 0.4) is 0 Å². The van der Waals surface area contributed by atoms with Crippen LogP contribution in [0.15, 0.2) is 66.9 Å². The molecule has 1 aromatic heterocycles. The molecule has 2 N–H and O–H groups in total. The fourth-order valence-electron chi connectivity index (χ4n) is 3.33. The number of aromatic nitrogens is 1. The number of pyridine rings is 1. The van der Waals surface area contributed by atoms with Crippen molar-refractivity contribution in [3.05, 3.63) is 78.0 Å². The summed E-state index contributed by atoms with van der Waals surface area (Å²) in [7, 11) is 0. The third-order valence-corrected chi connectivity index (χ3v) is 4.59. The number of nitrogens with one attached hydrogen (secondary N) is 1. The minimum Gasteiger partial charge on any atom is -0.508 e. The predicted octanol–water partition coefficient (Wildman–Crippen LogP) is 4.12. The quantitative estimate of drug-likeness (QED) is 0.701. The summed E-state index contributed by atoms with van der Waals surface area (Å²) in [6.45, 7) is 2.17. The van der Waals surface area contributed by atoms with Crippen LogP contribution in [0.25, 0.3) is 0 Å². The largest absolute Gasteiger partial charge is 0.508 e. The first-order chi connectivity index (χ1) is 12.6. The second-order valence-corrected chi connectivity index (χ2v) is 6.46. The highest BCUT2D eigenvalue weighted by Crippen LogP contribution is 2.36. The molecule has 0 fully saturated rings. The minimum absolute atomic E-state index is 0.161. The van der Waals surface area contributed by atoms with Gasteiger partial charge in [0.2, 0.25) is 0 Å². The molecule has 1 unspecified atom stereocenters. The lowest BCUT2D eigenvalue weighted by Crippen LogP contribution is -2.25. The predicted molar refractivity (Wildman–Crippen MR) is 102 cm³/mol. The average Bonchev–Trinajstić information content (AvgIpc) is 2.99. The molecule has 0 saturated heterocycles. The van der Waals surface area contributed by atoms with E-state index >= 15 is 0 Å². The van der Waals surface area contributed by atoms with E-state index in [1.807, 2.05) is 12.1 Å². The fourth-order valence-corrected chi connectivity index (χ4v) is 3.33. The molecule has 0 radical (unpaired) electrons. The molecule has 4 rings (SSSR count). The minimum atomic E-state index is -0.232. The van der Waals surface area contributed by atoms with Crippen molar-refractivity contribution in [1.82, 2.24) is 4.98 Å². The normalized spacial score (nSPS) is 15.6. The van der Waals surface area contributed by atoms with Gasteiger partial charge in [0.1, 0.15) is 11.6 Å². The van der Waals surface area contributed by atoms with Gasteiger partial charge in [-0.05, 0) is 61.4 Å². The van der Waals surface area contributed by atoms with Gasteiger partial charge in [-0.15, -0.1) is 0 Å². The molecule has 2 aromatic carbocycles. The standard InChI is InChI=1S/C21H19N3O2/c1-14-12-15-4-2-3-5-19(15)24(14)20-11-6-16(13-22-20)21(26)23-17-7-9-18(25)10-8-17/h2-11,13-14,25H,12H2,1H3,(H,23,26). The molecule has 5 heteroatoms. The monoisotopic (exact) mass is 345 g/mol. The lowest BCUT2D eigenvalue weighted by molar-refractivity contribution is 0.102. The van der Waals surface area contributed by atoms with Crippen molar-refractivity contribution < 1.29 is 9.90 Å². The zero-order valence-electron chi connectivity index (χ0n) is 14.4. The van der Waals surface area contributed by atoms with Crippen LogP contribution in [-0.2, 0) is 6.42 Å². The first kappa shape index (κ1) is 16.1. The van der Waals surface area contributed by atoms with Crippen molar-refractivity contribution in [2.45, 2.75) is 19.4 Å². The molecule has 26 heavy (non-hydrogen) atoms. The number of phenolic OH excluding ortho intramolecular Hbond substituents is 1. The van der Waals surface area contributed by atoms with E-state index in [2.05, 4.69) is 40.3 Å². The molecular weight excluding hydrogens is 326 g/mol. The molecule has 2 heterocycles. The van der Waals surface area contributed by atoms with Crippen LogP contribution in [0.2, 0.25) is 0 Å². The maximum Gasteiger partial charge on any atom is 0.257 e. The third-order valence-electron chi connectivity index (χ3n) is 4.59. The molecule has 0 spiro atoms. The Kier molecular flexibility index (Phi) is 4.05. The Labute approximate surface area is 151 Å². The van der Waals surface area contributed by atoms with Crippen molar-refractivity contribution in [1.29, 1.82) is 0 Å². The Balaban J connectivity index is 1.53. The van der Waals surface area contributed by atoms with E-state index in [9.17, 15) is 9.90 Å². The molecule has 1 atom stereocenters. The highest BCUT2D eigenvalue weighted by molar-refractivity contribution is 6.04. The van der Waals surface area contributed by atoms with Gasteiger partial charge in [0.25, 0.3) is 5.91 Å². The zero-order valence-corrected chi connectivity index (χ0v) is 14.4. The first-order valence-electron chi connectivity index (χ1n) is 8.55. The molecule has 5 nitrogen and oxygen atoms in total. The number of rotatable bonds is 3. The number of hydrogen-bond donors (Lipinski definition) is 2. The number of aromatic hydroxyl groups is 1. The molecule has 1 aliphatic heterocycles. The second-order valence-electron chi connectivity index (χ2n) is 6.46. The molecule has 1 amide bonds. The number of nitrogens with zero attached hydrogens (tertiary/aromatic N) is 2. The number of carbonyl (C=O) groups excluding carboxylic acids is 1. The van der Waals surface area contributed by atoms with E-state index in [1.165, 1.54) is 23.4 Å². The van der Waals surface area contributed by atoms with Crippen LogP contribution in [0.5, 0.6) is 5.75 Å². The van der Waals surface area contributed by atoms with Crippen LogP contribution in [-0.4, -0.2) is 22.0 Å². The third kappa shape index (κ3) is 2.99. The summed E-state index contributed by atoms with van der Waals surface area (Å²) in [4.78, 5) is 19.1. The Morgan fingerprint density at radius 2 is 1.88 bits per heavy atom. The summed E-state index contributed by atoms with van der Waals surface area (Å²) >= 11 is 0. The zero-order chi connectivity index (χ0) is 18.1. The Morgan fingerprint density at radius 3 is 2.62 bits per heavy atom. The van der Waals surface area contributed by atoms with Crippen LogP contribution in [0.4, 0.5) is 17.2 Å². The van der Waals surface area contributed by atoms with Crippen molar-refractivity contribution >= 4 is 23.1 Å². The summed E-state index contributed by atoms with van der Waals surface area (Å²) in [5, 5.41) is 12.1. The number of hydrogen-bond acceptors (Lipinski definition) is 4. The van der Waals surface area contributed by atoms with Gasteiger partial charge in [0.15, 0.2) is 0 Å². The van der Waals surface area contributed by atoms with Crippen molar-refractivity contribution in [2.75, 3.05) is 10.2 Å². The van der Waals surface area contributed by atoms with Crippen LogP contribution in [0.1, 0.15) is 22.8 Å². The van der Waals surface area contributed by atoms with Gasteiger partial charge in [-0.2, -0.15) is 0 Å². The number of amides is 1. The Morgan fingerprint density at radius 1 is 1.12 bits per heavy atom. The molecule has 0 saturated carbocycles. The highest BCUT2D eigenvalue weighted by Gasteiger charge is 2.27. The number of phenols is 1. The molecule has 130 valence electrons. The van der Waals surface area contributed by atoms with Crippen molar-refractivity contribution in [3.63, 3.8) is 0 Å². The SMILES string of the molecule is CC1Cc2ccccc2N1c1ccc(C(=O)Nc2ccc(O)cc2)cn1. The lowest BCUT2D eigenvalue weighted by Gasteiger charge is -2.23. The van der Waals surface area contributed by atoms with E-state index in [4.69, 9.17) is 0 Å². The number of para-hydroxylation sites is 1. The van der Waals surface area contributed by atoms with E-state index in [-0.39, 0.29) is 11.7 Å². The summed E-state index contributed by atoms with van der Waals surface area (Å²) in [5.41, 5.74) is 3.60. The highest BCUT2D eigenvalue weighted by atomic mass is 16.3. The maximum atomic E-state index is 12.4. The van der Waals surface area contributed by atoms with E-state index in [1.54, 1.807) is 24.4 Å². The lowest BCUT2D eigenvalue weighted by atomic mass is 10.1. The first-order valence-corrected chi connectivity index (χ1v) is 8.55. The van der Waals surface area contributed by atoms with Gasteiger partial charge in [0.05, 0.1) is 5.56 Å². The Hall–Kier alpha value is -3.34. The summed E-state index contributed by atoms with van der Waals surface area (Å²) in [6, 6.07) is 18.7. The summed E-state index contributed by atoms with van der Waals surface area (Å²) in [6.07, 6.45) is 2.58. The van der Waals surface area contributed by atoms with E-state index in [0.29, 0.717) is 17.3 Å². The maximum absolute atomic E-state index is 12.4. The molecule has 0 aliphatic carbocycles. The van der Waals surface area contributed by atoms with Crippen LogP contribution >= 0.6 is 0 Å². The molecule has 1 aliphatic rings. The van der Waals surface area contributed by atoms with Gasteiger partial charge in [-0.1, -0.05) is 18.2 Å². The van der Waals surface area contributed by atoms with Gasteiger partial charge in [-0.25, -0.2) is 4.98 Å². The molecule has 3 aromatic rings. The van der Waals surface area contributed by atoms with Gasteiger partial charge < -0.3 is 15.3 Å². The summed E-state index contributed by atoms with van der Waals surface area (Å²) in [5.74, 6) is 0.766. The average molecular weight is 345 g/mol. The van der Waals surface area contributed by atoms with Gasteiger partial charge in [-0.3, -0.25) is 4.79 Å². The smallest absolute Gasteiger partial charge is 0.257 e. The fraction of sp³-hybridized carbons (Fsp3) is 0.143. The Bertz CT molecular complexity index is 936. The second kappa shape index (κ2) is 6.52. The summed E-state index contributed by atoms with van der Waals surface area (Å²) < 4.78 is 0. The van der Waals surface area contributed by atoms with Gasteiger partial charge in [0, 0.05) is 23.6 Å². The van der Waals surface area contributed by atoms with Gasteiger partial charge >= 0.3 is 0 Å². The number of carbonyl (C=O) groups is 1. The van der Waals surface area contributed by atoms with E-state index in [0.717, 1.165) is 12.2 Å². The molecular formula is C21H19N3O2. The van der Waals surface area contributed by atoms with Crippen LogP contribution < -0.4 is 10.2 Å². The number of benzene rings is 2. The van der Waals surface area contributed by atoms with E-state index < -0.39 is 0 Å². The van der Waals surface area contributed by atoms with Crippen molar-refractivity contribution in [2.24, 2.45) is 0 Å². The van der Waals surface area contributed by atoms with Crippen molar-refractivity contribution in [3.8, 4) is 5.75 Å². The molecule has 0 bridgehead atoms. The number of anilines is 3. The number of fused-ring (bicyclic) bond motifs is 1. The topological polar surface area (TPSA) is 65.5 Å². The van der Waals surface area contributed by atoms with Crippen LogP contribution in [0, 0.1) is 0 Å².